The number of carbonyl (C=O) groups is 1. The first kappa shape index (κ1) is 69.3. The Labute approximate surface area is 449 Å². The normalized spacial score (nSPS) is 21.1. The van der Waals surface area contributed by atoms with Gasteiger partial charge in [0.2, 0.25) is 0 Å². The molecule has 12 nitrogen and oxygen atoms in total. The second kappa shape index (κ2) is 49.8. The van der Waals surface area contributed by atoms with Gasteiger partial charge in [-0.25, -0.2) is 4.57 Å². The average Bonchev–Trinajstić information content (AvgIpc) is 3.39. The minimum atomic E-state index is -5.04. The third kappa shape index (κ3) is 40.5. The number of carbonyl (C=O) groups excluding carboxylic acids is 1. The molecule has 0 heterocycles. The van der Waals surface area contributed by atoms with Gasteiger partial charge in [-0.1, -0.05) is 214 Å². The zero-order chi connectivity index (χ0) is 54.0. The SMILES string of the molecule is CC/C=C\C/C=C\C/C=C\C/C=C\C/C=C\C/C=C\CCCCCCCOCC(COP(=O)(O)OC1C(O)C(O)C(O)C(O)C1O)OC(=O)CCCCCCCCCCCCC/C=C\C/C=C\CCCCCCC. The quantitative estimate of drug-likeness (QED) is 0.0146. The first-order valence-electron chi connectivity index (χ1n) is 29.1. The van der Waals surface area contributed by atoms with Crippen LogP contribution in [0.25, 0.3) is 0 Å². The standard InChI is InChI=1S/C61H105O12P/c1-3-5-7-9-11-13-15-17-19-21-23-25-27-29-31-33-35-37-39-41-43-45-47-49-51-70-52-54(53-71-74(68,69)73-61-59(66)57(64)56(63)58(65)60(61)67)72-55(62)50-48-46-44-42-40-38-36-34-32-30-28-26-24-22-20-18-16-14-12-10-8-6-4-2/h5,7,11,13,16-19,22-25,29,31,35,37,54,56-61,63-67H,3-4,6,8-10,12,14-15,20-21,26-28,30,32-34,36,38-53H2,1-2H3,(H,68,69)/b7-5-,13-11-,18-16-,19-17-,24-22-,25-23-,31-29-,37-35-. The van der Waals surface area contributed by atoms with Crippen LogP contribution in [-0.2, 0) is 27.9 Å². The molecule has 0 radical (unpaired) electrons. The van der Waals surface area contributed by atoms with Gasteiger partial charge in [0.25, 0.3) is 0 Å². The maximum atomic E-state index is 12.9. The molecule has 0 spiro atoms. The third-order valence-electron chi connectivity index (χ3n) is 12.9. The molecule has 6 atom stereocenters. The second-order valence-corrected chi connectivity index (χ2v) is 21.2. The number of aliphatic hydroxyl groups is 5. The van der Waals surface area contributed by atoms with E-state index in [1.807, 2.05) is 0 Å². The number of ether oxygens (including phenoxy) is 2. The van der Waals surface area contributed by atoms with Crippen molar-refractivity contribution in [3.8, 4) is 0 Å². The summed E-state index contributed by atoms with van der Waals surface area (Å²) in [6.07, 6.45) is 57.5. The van der Waals surface area contributed by atoms with E-state index >= 15 is 0 Å². The van der Waals surface area contributed by atoms with Crippen LogP contribution in [0.4, 0.5) is 0 Å². The summed E-state index contributed by atoms with van der Waals surface area (Å²) >= 11 is 0. The van der Waals surface area contributed by atoms with E-state index in [2.05, 4.69) is 111 Å². The highest BCUT2D eigenvalue weighted by Gasteiger charge is 2.51. The molecule has 0 aromatic heterocycles. The van der Waals surface area contributed by atoms with Crippen LogP contribution >= 0.6 is 7.82 Å². The van der Waals surface area contributed by atoms with Gasteiger partial charge in [-0.2, -0.15) is 0 Å². The number of rotatable bonds is 49. The van der Waals surface area contributed by atoms with Gasteiger partial charge in [0.15, 0.2) is 0 Å². The Balaban J connectivity index is 2.32. The van der Waals surface area contributed by atoms with Crippen molar-refractivity contribution in [2.24, 2.45) is 0 Å². The summed E-state index contributed by atoms with van der Waals surface area (Å²) in [5.41, 5.74) is 0. The lowest BCUT2D eigenvalue weighted by Crippen LogP contribution is -2.64. The van der Waals surface area contributed by atoms with Crippen molar-refractivity contribution < 1.29 is 58.3 Å². The molecule has 426 valence electrons. The van der Waals surface area contributed by atoms with Gasteiger partial charge in [-0.15, -0.1) is 0 Å². The molecule has 6 N–H and O–H groups in total. The Morgan fingerprint density at radius 2 is 0.797 bits per heavy atom. The van der Waals surface area contributed by atoms with Crippen molar-refractivity contribution in [2.45, 2.75) is 262 Å². The summed E-state index contributed by atoms with van der Waals surface area (Å²) in [6.45, 7) is 4.11. The number of phosphoric ester groups is 1. The molecule has 1 rings (SSSR count). The van der Waals surface area contributed by atoms with Crippen LogP contribution in [0.2, 0.25) is 0 Å². The van der Waals surface area contributed by atoms with Gasteiger partial charge in [-0.05, 0) is 96.3 Å². The fourth-order valence-electron chi connectivity index (χ4n) is 8.39. The van der Waals surface area contributed by atoms with Gasteiger partial charge in [0, 0.05) is 13.0 Å². The number of esters is 1. The van der Waals surface area contributed by atoms with Crippen LogP contribution in [-0.4, -0.2) is 98.9 Å². The fourth-order valence-corrected chi connectivity index (χ4v) is 9.36. The van der Waals surface area contributed by atoms with Crippen molar-refractivity contribution in [3.63, 3.8) is 0 Å². The summed E-state index contributed by atoms with van der Waals surface area (Å²) in [4.78, 5) is 23.3. The highest BCUT2D eigenvalue weighted by molar-refractivity contribution is 7.47. The maximum Gasteiger partial charge on any atom is 0.472 e. The molecule has 0 aliphatic heterocycles. The zero-order valence-electron chi connectivity index (χ0n) is 46.1. The topological polar surface area (TPSA) is 192 Å². The smallest absolute Gasteiger partial charge is 0.457 e. The van der Waals surface area contributed by atoms with Gasteiger partial charge >= 0.3 is 13.8 Å². The number of hydrogen-bond acceptors (Lipinski definition) is 11. The molecular weight excluding hydrogens is 956 g/mol. The molecule has 1 aliphatic carbocycles. The van der Waals surface area contributed by atoms with Crippen molar-refractivity contribution in [3.05, 3.63) is 97.2 Å². The van der Waals surface area contributed by atoms with E-state index in [-0.39, 0.29) is 13.0 Å². The van der Waals surface area contributed by atoms with Crippen molar-refractivity contribution in [2.75, 3.05) is 19.8 Å². The van der Waals surface area contributed by atoms with Crippen LogP contribution in [0.3, 0.4) is 0 Å². The fraction of sp³-hybridized carbons (Fsp3) is 0.721. The van der Waals surface area contributed by atoms with E-state index in [0.29, 0.717) is 13.0 Å². The highest BCUT2D eigenvalue weighted by Crippen LogP contribution is 2.47. The predicted octanol–water partition coefficient (Wildman–Crippen LogP) is 14.2. The number of unbranched alkanes of at least 4 members (excludes halogenated alkanes) is 21. The molecule has 0 aromatic rings. The van der Waals surface area contributed by atoms with Crippen molar-refractivity contribution in [1.82, 2.24) is 0 Å². The molecule has 0 bridgehead atoms. The van der Waals surface area contributed by atoms with Crippen molar-refractivity contribution in [1.29, 1.82) is 0 Å². The van der Waals surface area contributed by atoms with E-state index in [0.717, 1.165) is 109 Å². The van der Waals surface area contributed by atoms with Crippen LogP contribution in [0.1, 0.15) is 219 Å². The zero-order valence-corrected chi connectivity index (χ0v) is 47.0. The molecule has 1 aliphatic rings. The lowest BCUT2D eigenvalue weighted by atomic mass is 9.85. The number of hydrogen-bond donors (Lipinski definition) is 6. The molecular formula is C61H105O12P. The number of aliphatic hydroxyl groups excluding tert-OH is 5. The highest BCUT2D eigenvalue weighted by atomic mass is 31.2. The molecule has 6 unspecified atom stereocenters. The van der Waals surface area contributed by atoms with Crippen LogP contribution < -0.4 is 0 Å². The third-order valence-corrected chi connectivity index (χ3v) is 13.9. The summed E-state index contributed by atoms with van der Waals surface area (Å²) in [5.74, 6) is -0.489. The molecule has 0 aromatic carbocycles. The van der Waals surface area contributed by atoms with E-state index in [1.54, 1.807) is 0 Å². The Kier molecular flexibility index (Phi) is 46.6. The van der Waals surface area contributed by atoms with E-state index in [9.17, 15) is 39.8 Å². The predicted molar refractivity (Wildman–Crippen MR) is 304 cm³/mol. The lowest BCUT2D eigenvalue weighted by molar-refractivity contribution is -0.220. The monoisotopic (exact) mass is 1060 g/mol. The van der Waals surface area contributed by atoms with Crippen LogP contribution in [0.5, 0.6) is 0 Å². The second-order valence-electron chi connectivity index (χ2n) is 19.8. The molecule has 74 heavy (non-hydrogen) atoms. The van der Waals surface area contributed by atoms with Gasteiger partial charge < -0.3 is 39.9 Å². The molecule has 1 saturated carbocycles. The summed E-state index contributed by atoms with van der Waals surface area (Å²) in [5, 5.41) is 50.5. The van der Waals surface area contributed by atoms with Gasteiger partial charge in [-0.3, -0.25) is 13.8 Å². The summed E-state index contributed by atoms with van der Waals surface area (Å²) in [6, 6.07) is 0. The molecule has 13 heteroatoms. The van der Waals surface area contributed by atoms with E-state index in [4.69, 9.17) is 18.5 Å². The Hall–Kier alpha value is -2.74. The lowest BCUT2D eigenvalue weighted by Gasteiger charge is -2.41. The average molecular weight is 1060 g/mol. The van der Waals surface area contributed by atoms with Crippen LogP contribution in [0.15, 0.2) is 97.2 Å². The Morgan fingerprint density at radius 3 is 1.22 bits per heavy atom. The summed E-state index contributed by atoms with van der Waals surface area (Å²) in [7, 11) is -5.04. The Bertz CT molecular complexity index is 1590. The van der Waals surface area contributed by atoms with Crippen LogP contribution in [0, 0.1) is 0 Å². The maximum absolute atomic E-state index is 12.9. The number of allylic oxidation sites excluding steroid dienone is 16. The minimum absolute atomic E-state index is 0.0962. The van der Waals surface area contributed by atoms with E-state index < -0.39 is 63.1 Å². The minimum Gasteiger partial charge on any atom is -0.457 e. The Morgan fingerprint density at radius 1 is 0.446 bits per heavy atom. The van der Waals surface area contributed by atoms with Gasteiger partial charge in [0.1, 0.15) is 42.7 Å². The summed E-state index contributed by atoms with van der Waals surface area (Å²) < 4.78 is 34.4. The largest absolute Gasteiger partial charge is 0.472 e. The molecule has 1 fully saturated rings. The number of phosphoric acid groups is 1. The van der Waals surface area contributed by atoms with E-state index in [1.165, 1.54) is 83.5 Å². The molecule has 0 saturated heterocycles. The van der Waals surface area contributed by atoms with Crippen molar-refractivity contribution >= 4 is 13.8 Å². The first-order valence-corrected chi connectivity index (χ1v) is 30.6. The molecule has 0 amide bonds. The van der Waals surface area contributed by atoms with Gasteiger partial charge in [0.05, 0.1) is 13.2 Å². The first-order chi connectivity index (χ1) is 36.0.